The Bertz CT molecular complexity index is 490. The summed E-state index contributed by atoms with van der Waals surface area (Å²) in [7, 11) is 0. The van der Waals surface area contributed by atoms with E-state index in [2.05, 4.69) is 10.3 Å². The van der Waals surface area contributed by atoms with Crippen LogP contribution in [0.5, 0.6) is 0 Å². The molecular weight excluding hydrogens is 246 g/mol. The number of carboxylic acid groups (broad SMARTS) is 1. The van der Waals surface area contributed by atoms with Crippen molar-refractivity contribution in [2.75, 3.05) is 13.1 Å². The fourth-order valence-electron chi connectivity index (χ4n) is 2.23. The zero-order valence-corrected chi connectivity index (χ0v) is 10.8. The van der Waals surface area contributed by atoms with Crippen molar-refractivity contribution in [2.24, 2.45) is 0 Å². The predicted octanol–water partition coefficient (Wildman–Crippen LogP) is 0.165. The fourth-order valence-corrected chi connectivity index (χ4v) is 2.23. The molecule has 1 aromatic heterocycles. The summed E-state index contributed by atoms with van der Waals surface area (Å²) in [6.45, 7) is 3.58. The Morgan fingerprint density at radius 1 is 1.58 bits per heavy atom. The third-order valence-corrected chi connectivity index (χ3v) is 3.12. The van der Waals surface area contributed by atoms with Crippen molar-refractivity contribution in [1.29, 1.82) is 0 Å². The predicted molar refractivity (Wildman–Crippen MR) is 68.4 cm³/mol. The zero-order chi connectivity index (χ0) is 13.8. The Morgan fingerprint density at radius 2 is 2.37 bits per heavy atom. The van der Waals surface area contributed by atoms with Crippen LogP contribution in [0.2, 0.25) is 0 Å². The van der Waals surface area contributed by atoms with Crippen LogP contribution in [0.3, 0.4) is 0 Å². The first-order valence-corrected chi connectivity index (χ1v) is 6.22. The highest BCUT2D eigenvalue weighted by Gasteiger charge is 2.31. The van der Waals surface area contributed by atoms with E-state index in [9.17, 15) is 9.59 Å². The number of hydrogen-bond donors (Lipinski definition) is 2. The van der Waals surface area contributed by atoms with Crippen molar-refractivity contribution < 1.29 is 14.7 Å². The van der Waals surface area contributed by atoms with Gasteiger partial charge in [-0.25, -0.2) is 0 Å². The summed E-state index contributed by atoms with van der Waals surface area (Å²) < 4.78 is 0. The van der Waals surface area contributed by atoms with Gasteiger partial charge in [-0.15, -0.1) is 0 Å². The van der Waals surface area contributed by atoms with Gasteiger partial charge < -0.3 is 10.4 Å². The molecule has 1 aromatic rings. The molecule has 1 aliphatic rings. The number of pyridine rings is 1. The number of carbonyl (C=O) groups excluding carboxylic acids is 1. The van der Waals surface area contributed by atoms with E-state index in [0.29, 0.717) is 19.6 Å². The van der Waals surface area contributed by atoms with Gasteiger partial charge in [0.25, 0.3) is 0 Å². The molecule has 6 nitrogen and oxygen atoms in total. The van der Waals surface area contributed by atoms with Gasteiger partial charge in [-0.05, 0) is 19.1 Å². The molecule has 1 aliphatic heterocycles. The topological polar surface area (TPSA) is 82.5 Å². The Morgan fingerprint density at radius 3 is 3.05 bits per heavy atom. The standard InChI is InChI=1S/C13H17N3O3/c1-9-3-2-4-10(15-9)8-16-6-5-14-13(19)11(16)7-12(17)18/h2-4,11H,5-8H2,1H3,(H,14,19)(H,17,18)/t11-/m0/s1. The average Bonchev–Trinajstić information content (AvgIpc) is 2.33. The number of aromatic nitrogens is 1. The van der Waals surface area contributed by atoms with E-state index < -0.39 is 12.0 Å². The molecule has 1 atom stereocenters. The van der Waals surface area contributed by atoms with E-state index in [1.54, 1.807) is 0 Å². The molecule has 102 valence electrons. The molecule has 2 rings (SSSR count). The highest BCUT2D eigenvalue weighted by atomic mass is 16.4. The van der Waals surface area contributed by atoms with Crippen LogP contribution in [0.15, 0.2) is 18.2 Å². The van der Waals surface area contributed by atoms with Crippen LogP contribution in [0.1, 0.15) is 17.8 Å². The maximum atomic E-state index is 11.8. The van der Waals surface area contributed by atoms with Gasteiger partial charge in [0.1, 0.15) is 6.04 Å². The smallest absolute Gasteiger partial charge is 0.305 e. The monoisotopic (exact) mass is 263 g/mol. The van der Waals surface area contributed by atoms with Crippen molar-refractivity contribution in [3.63, 3.8) is 0 Å². The molecule has 2 heterocycles. The third kappa shape index (κ3) is 3.51. The summed E-state index contributed by atoms with van der Waals surface area (Å²) >= 11 is 0. The maximum Gasteiger partial charge on any atom is 0.305 e. The van der Waals surface area contributed by atoms with Crippen LogP contribution in [0, 0.1) is 6.92 Å². The highest BCUT2D eigenvalue weighted by molar-refractivity contribution is 5.86. The first kappa shape index (κ1) is 13.5. The largest absolute Gasteiger partial charge is 0.481 e. The number of amides is 1. The number of piperazine rings is 1. The first-order chi connectivity index (χ1) is 9.06. The molecule has 1 fully saturated rings. The normalized spacial score (nSPS) is 20.1. The number of carboxylic acids is 1. The third-order valence-electron chi connectivity index (χ3n) is 3.12. The second-order valence-corrected chi connectivity index (χ2v) is 4.65. The molecule has 0 unspecified atom stereocenters. The van der Waals surface area contributed by atoms with Gasteiger partial charge >= 0.3 is 5.97 Å². The van der Waals surface area contributed by atoms with Crippen LogP contribution < -0.4 is 5.32 Å². The van der Waals surface area contributed by atoms with Gasteiger partial charge in [0.15, 0.2) is 0 Å². The average molecular weight is 263 g/mol. The molecule has 0 spiro atoms. The van der Waals surface area contributed by atoms with Crippen LogP contribution in [-0.4, -0.2) is 46.0 Å². The molecule has 0 radical (unpaired) electrons. The molecule has 0 saturated carbocycles. The summed E-state index contributed by atoms with van der Waals surface area (Å²) in [4.78, 5) is 28.9. The van der Waals surface area contributed by atoms with E-state index in [4.69, 9.17) is 5.11 Å². The van der Waals surface area contributed by atoms with Crippen LogP contribution >= 0.6 is 0 Å². The molecule has 1 amide bonds. The van der Waals surface area contributed by atoms with E-state index in [1.165, 1.54) is 0 Å². The zero-order valence-electron chi connectivity index (χ0n) is 10.8. The molecule has 6 heteroatoms. The summed E-state index contributed by atoms with van der Waals surface area (Å²) in [6, 6.07) is 5.08. The quantitative estimate of drug-likeness (QED) is 0.809. The summed E-state index contributed by atoms with van der Waals surface area (Å²) in [5.41, 5.74) is 1.76. The van der Waals surface area contributed by atoms with E-state index in [-0.39, 0.29) is 12.3 Å². The first-order valence-electron chi connectivity index (χ1n) is 6.22. The van der Waals surface area contributed by atoms with E-state index in [0.717, 1.165) is 11.4 Å². The SMILES string of the molecule is Cc1cccc(CN2CCNC(=O)[C@@H]2CC(=O)O)n1. The number of carbonyl (C=O) groups is 2. The van der Waals surface area contributed by atoms with Gasteiger partial charge in [0, 0.05) is 25.3 Å². The van der Waals surface area contributed by atoms with Gasteiger partial charge in [-0.2, -0.15) is 0 Å². The number of aliphatic carboxylic acids is 1. The number of rotatable bonds is 4. The second kappa shape index (κ2) is 5.79. The minimum Gasteiger partial charge on any atom is -0.481 e. The van der Waals surface area contributed by atoms with Gasteiger partial charge in [0.2, 0.25) is 5.91 Å². The lowest BCUT2D eigenvalue weighted by atomic mass is 10.1. The number of hydrogen-bond acceptors (Lipinski definition) is 4. The van der Waals surface area contributed by atoms with Gasteiger partial charge in [0.05, 0.1) is 12.1 Å². The van der Waals surface area contributed by atoms with Crippen molar-refractivity contribution in [3.8, 4) is 0 Å². The maximum absolute atomic E-state index is 11.8. The van der Waals surface area contributed by atoms with E-state index >= 15 is 0 Å². The van der Waals surface area contributed by atoms with Crippen molar-refractivity contribution in [1.82, 2.24) is 15.2 Å². The lowest BCUT2D eigenvalue weighted by Gasteiger charge is -2.33. The van der Waals surface area contributed by atoms with Crippen molar-refractivity contribution in [2.45, 2.75) is 25.9 Å². The lowest BCUT2D eigenvalue weighted by molar-refractivity contribution is -0.143. The molecule has 0 aromatic carbocycles. The van der Waals surface area contributed by atoms with Crippen molar-refractivity contribution >= 4 is 11.9 Å². The molecule has 1 saturated heterocycles. The van der Waals surface area contributed by atoms with E-state index in [1.807, 2.05) is 30.0 Å². The molecule has 0 aliphatic carbocycles. The van der Waals surface area contributed by atoms with Gasteiger partial charge in [-0.3, -0.25) is 19.5 Å². The minimum atomic E-state index is -0.968. The fraction of sp³-hybridized carbons (Fsp3) is 0.462. The number of nitrogens with zero attached hydrogens (tertiary/aromatic N) is 2. The lowest BCUT2D eigenvalue weighted by Crippen LogP contribution is -2.55. The van der Waals surface area contributed by atoms with Crippen LogP contribution in [0.4, 0.5) is 0 Å². The molecule has 2 N–H and O–H groups in total. The Labute approximate surface area is 111 Å². The molecule has 19 heavy (non-hydrogen) atoms. The van der Waals surface area contributed by atoms with Crippen LogP contribution in [0.25, 0.3) is 0 Å². The Kier molecular flexibility index (Phi) is 4.11. The molecule has 0 bridgehead atoms. The minimum absolute atomic E-state index is 0.183. The number of aryl methyl sites for hydroxylation is 1. The summed E-state index contributed by atoms with van der Waals surface area (Å²) in [6.07, 6.45) is -0.183. The second-order valence-electron chi connectivity index (χ2n) is 4.65. The Balaban J connectivity index is 2.11. The number of nitrogens with one attached hydrogen (secondary N) is 1. The van der Waals surface area contributed by atoms with Gasteiger partial charge in [-0.1, -0.05) is 6.07 Å². The summed E-state index contributed by atoms with van der Waals surface area (Å²) in [5.74, 6) is -1.19. The molecular formula is C13H17N3O3. The van der Waals surface area contributed by atoms with Crippen LogP contribution in [-0.2, 0) is 16.1 Å². The Hall–Kier alpha value is -1.95. The van der Waals surface area contributed by atoms with Crippen molar-refractivity contribution in [3.05, 3.63) is 29.6 Å². The summed E-state index contributed by atoms with van der Waals surface area (Å²) in [5, 5.41) is 11.6. The highest BCUT2D eigenvalue weighted by Crippen LogP contribution is 2.13.